The van der Waals surface area contributed by atoms with Gasteiger partial charge in [0, 0.05) is 0 Å². The van der Waals surface area contributed by atoms with Crippen LogP contribution in [-0.2, 0) is 10.1 Å². The fourth-order valence-electron chi connectivity index (χ4n) is 1.81. The van der Waals surface area contributed by atoms with Gasteiger partial charge in [-0.1, -0.05) is 44.9 Å². The van der Waals surface area contributed by atoms with Gasteiger partial charge in [-0.2, -0.15) is 8.42 Å². The van der Waals surface area contributed by atoms with Gasteiger partial charge in [0.25, 0.3) is 5.50 Å². The topological polar surface area (TPSA) is 54.4 Å². The molecule has 3 nitrogen and oxygen atoms in total. The number of hydrogen-bond donors (Lipinski definition) is 1. The largest absolute Gasteiger partial charge is 0.300 e. The molecule has 0 spiro atoms. The van der Waals surface area contributed by atoms with Crippen LogP contribution in [0.3, 0.4) is 0 Å². The van der Waals surface area contributed by atoms with Crippen LogP contribution in [0.25, 0.3) is 0 Å². The Morgan fingerprint density at radius 3 is 1.65 bits per heavy atom. The van der Waals surface area contributed by atoms with Gasteiger partial charge < -0.3 is 0 Å². The zero-order chi connectivity index (χ0) is 14.7. The lowest BCUT2D eigenvalue weighted by molar-refractivity contribution is 0.200. The number of rotatable bonds is 12. The molecule has 0 aliphatic heterocycles. The van der Waals surface area contributed by atoms with Crippen molar-refractivity contribution in [3.8, 4) is 0 Å². The molecule has 20 heavy (non-hydrogen) atoms. The summed E-state index contributed by atoms with van der Waals surface area (Å²) in [5.74, 6) is 0. The molecule has 0 aliphatic rings. The molecule has 0 radical (unpaired) electrons. The summed E-state index contributed by atoms with van der Waals surface area (Å²) in [6, 6.07) is 0. The maximum atomic E-state index is 13.1. The van der Waals surface area contributed by atoms with Crippen LogP contribution in [0.15, 0.2) is 0 Å². The Balaban J connectivity index is 0. The van der Waals surface area contributed by atoms with Crippen molar-refractivity contribution >= 4 is 10.1 Å². The normalized spacial score (nSPS) is 14.6. The van der Waals surface area contributed by atoms with E-state index in [-0.39, 0.29) is 17.8 Å². The van der Waals surface area contributed by atoms with Crippen molar-refractivity contribution in [3.05, 3.63) is 0 Å². The molecule has 1 N–H and O–H groups in total. The van der Waals surface area contributed by atoms with Gasteiger partial charge >= 0.3 is 10.1 Å². The first kappa shape index (κ1) is 21.9. The highest BCUT2D eigenvalue weighted by Gasteiger charge is 2.31. The zero-order valence-corrected chi connectivity index (χ0v) is 12.3. The van der Waals surface area contributed by atoms with Crippen LogP contribution in [0.2, 0.25) is 0 Å². The average Bonchev–Trinajstić information content (AvgIpc) is 2.34. The van der Waals surface area contributed by atoms with Gasteiger partial charge in [0.1, 0.15) is 6.17 Å². The van der Waals surface area contributed by atoms with Gasteiger partial charge in [-0.25, -0.2) is 8.78 Å². The third kappa shape index (κ3) is 11.5. The predicted octanol–water partition coefficient (Wildman–Crippen LogP) is 4.14. The van der Waals surface area contributed by atoms with E-state index >= 15 is 0 Å². The SMILES string of the molecule is F.O=S(=O)(O)C(F)C(F)CCCCCCCCCCF. The van der Waals surface area contributed by atoms with Gasteiger partial charge in [0.05, 0.1) is 6.67 Å². The second kappa shape index (κ2) is 12.4. The van der Waals surface area contributed by atoms with Gasteiger partial charge in [0.15, 0.2) is 0 Å². The fourth-order valence-corrected chi connectivity index (χ4v) is 2.32. The van der Waals surface area contributed by atoms with E-state index in [4.69, 9.17) is 4.55 Å². The van der Waals surface area contributed by atoms with E-state index in [1.807, 2.05) is 0 Å². The van der Waals surface area contributed by atoms with Crippen molar-refractivity contribution < 1.29 is 30.8 Å². The van der Waals surface area contributed by atoms with E-state index in [9.17, 15) is 21.6 Å². The predicted molar refractivity (Wildman–Crippen MR) is 71.4 cm³/mol. The van der Waals surface area contributed by atoms with Crippen molar-refractivity contribution in [2.24, 2.45) is 0 Å². The Kier molecular flexibility index (Phi) is 13.6. The van der Waals surface area contributed by atoms with Gasteiger partial charge in [0.2, 0.25) is 0 Å². The van der Waals surface area contributed by atoms with Crippen LogP contribution in [0.4, 0.5) is 17.9 Å². The Bertz CT molecular complexity index is 312. The van der Waals surface area contributed by atoms with Crippen molar-refractivity contribution in [2.75, 3.05) is 6.67 Å². The van der Waals surface area contributed by atoms with Crippen LogP contribution in [-0.4, -0.2) is 31.3 Å². The third-order valence-electron chi connectivity index (χ3n) is 2.93. The fraction of sp³-hybridized carbons (Fsp3) is 1.00. The van der Waals surface area contributed by atoms with Crippen molar-refractivity contribution in [3.63, 3.8) is 0 Å². The molecule has 0 bridgehead atoms. The average molecular weight is 324 g/mol. The molecule has 124 valence electrons. The molecule has 0 aromatic carbocycles. The molecule has 2 unspecified atom stereocenters. The van der Waals surface area contributed by atoms with Gasteiger partial charge in [-0.3, -0.25) is 13.6 Å². The van der Waals surface area contributed by atoms with E-state index in [0.717, 1.165) is 32.1 Å². The summed E-state index contributed by atoms with van der Waals surface area (Å²) in [6.07, 6.45) is 3.98. The maximum Gasteiger partial charge on any atom is 0.300 e. The highest BCUT2D eigenvalue weighted by molar-refractivity contribution is 7.86. The zero-order valence-electron chi connectivity index (χ0n) is 11.4. The summed E-state index contributed by atoms with van der Waals surface area (Å²) in [5.41, 5.74) is -2.84. The summed E-state index contributed by atoms with van der Waals surface area (Å²) >= 11 is 0. The lowest BCUT2D eigenvalue weighted by Crippen LogP contribution is -2.26. The van der Waals surface area contributed by atoms with E-state index in [2.05, 4.69) is 0 Å². The van der Waals surface area contributed by atoms with Gasteiger partial charge in [-0.15, -0.1) is 0 Å². The van der Waals surface area contributed by atoms with E-state index < -0.39 is 21.8 Å². The molecule has 0 fully saturated rings. The molecule has 0 aromatic heterocycles. The molecule has 0 saturated heterocycles. The molecule has 0 aromatic rings. The second-order valence-electron chi connectivity index (χ2n) is 4.69. The summed E-state index contributed by atoms with van der Waals surface area (Å²) in [7, 11) is -4.93. The van der Waals surface area contributed by atoms with Crippen molar-refractivity contribution in [2.45, 2.75) is 69.5 Å². The van der Waals surface area contributed by atoms with Crippen LogP contribution >= 0.6 is 0 Å². The molecule has 0 aliphatic carbocycles. The summed E-state index contributed by atoms with van der Waals surface area (Å²) in [4.78, 5) is 0. The molecule has 2 atom stereocenters. The Morgan fingerprint density at radius 2 is 1.25 bits per heavy atom. The molecule has 0 amide bonds. The van der Waals surface area contributed by atoms with E-state index in [1.165, 1.54) is 0 Å². The number of alkyl halides is 3. The van der Waals surface area contributed by atoms with Gasteiger partial charge in [-0.05, 0) is 12.8 Å². The first-order chi connectivity index (χ1) is 8.89. The standard InChI is InChI=1S/C12H23F3O3S.FH/c13-10-8-6-4-2-1-3-5-7-9-11(14)12(15)19(16,17)18;/h11-12H,1-10H2,(H,16,17,18);1H. The lowest BCUT2D eigenvalue weighted by atomic mass is 10.1. The minimum absolute atomic E-state index is 0. The third-order valence-corrected chi connectivity index (χ3v) is 3.80. The van der Waals surface area contributed by atoms with Crippen LogP contribution < -0.4 is 0 Å². The minimum Gasteiger partial charge on any atom is -0.283 e. The second-order valence-corrected chi connectivity index (χ2v) is 6.17. The molecule has 0 saturated carbocycles. The highest BCUT2D eigenvalue weighted by Crippen LogP contribution is 2.18. The van der Waals surface area contributed by atoms with Crippen LogP contribution in [0.5, 0.6) is 0 Å². The Labute approximate surface area is 118 Å². The molecule has 8 heteroatoms. The first-order valence-electron chi connectivity index (χ1n) is 6.70. The van der Waals surface area contributed by atoms with E-state index in [0.29, 0.717) is 19.3 Å². The summed E-state index contributed by atoms with van der Waals surface area (Å²) < 4.78 is 66.7. The first-order valence-corrected chi connectivity index (χ1v) is 8.20. The molecular weight excluding hydrogens is 300 g/mol. The van der Waals surface area contributed by atoms with Crippen LogP contribution in [0, 0.1) is 0 Å². The minimum atomic E-state index is -4.93. The molecular formula is C12H24F4O3S. The number of unbranched alkanes of at least 4 members (excludes halogenated alkanes) is 7. The lowest BCUT2D eigenvalue weighted by Gasteiger charge is -2.10. The summed E-state index contributed by atoms with van der Waals surface area (Å²) in [5, 5.41) is 0. The van der Waals surface area contributed by atoms with Crippen molar-refractivity contribution in [1.82, 2.24) is 0 Å². The van der Waals surface area contributed by atoms with E-state index in [1.54, 1.807) is 0 Å². The number of halogens is 4. The monoisotopic (exact) mass is 324 g/mol. The van der Waals surface area contributed by atoms with Crippen LogP contribution in [0.1, 0.15) is 57.8 Å². The maximum absolute atomic E-state index is 13.1. The van der Waals surface area contributed by atoms with Crippen molar-refractivity contribution in [1.29, 1.82) is 0 Å². The molecule has 0 rings (SSSR count). The molecule has 0 heterocycles. The quantitative estimate of drug-likeness (QED) is 0.333. The highest BCUT2D eigenvalue weighted by atomic mass is 32.2. The Morgan fingerprint density at radius 1 is 0.850 bits per heavy atom. The summed E-state index contributed by atoms with van der Waals surface area (Å²) in [6.45, 7) is -0.282. The smallest absolute Gasteiger partial charge is 0.283 e. The number of hydrogen-bond acceptors (Lipinski definition) is 2. The Hall–Kier alpha value is -0.370.